The Morgan fingerprint density at radius 1 is 1.21 bits per heavy atom. The quantitative estimate of drug-likeness (QED) is 0.578. The molecule has 3 heterocycles. The molecule has 158 valence electrons. The van der Waals surface area contributed by atoms with Gasteiger partial charge in [-0.25, -0.2) is 4.99 Å². The molecule has 1 unspecified atom stereocenters. The lowest BCUT2D eigenvalue weighted by Gasteiger charge is -2.34. The highest BCUT2D eigenvalue weighted by molar-refractivity contribution is 5.82. The molecular formula is C23H34N4O2. The van der Waals surface area contributed by atoms with E-state index in [9.17, 15) is 0 Å². The minimum atomic E-state index is 0.473. The second kappa shape index (κ2) is 9.63. The van der Waals surface area contributed by atoms with Crippen LogP contribution in [0, 0.1) is 12.8 Å². The third-order valence-corrected chi connectivity index (χ3v) is 6.14. The molecule has 2 saturated heterocycles. The van der Waals surface area contributed by atoms with Crippen LogP contribution in [0.25, 0.3) is 11.0 Å². The number of aryl methyl sites for hydroxylation is 1. The first kappa shape index (κ1) is 20.2. The molecule has 2 fully saturated rings. The second-order valence-electron chi connectivity index (χ2n) is 8.29. The SMILES string of the molecule is CCNC(=NCc1oc2ccccc2c1C)NC1CCN(CC2CCOC2)CC1. The van der Waals surface area contributed by atoms with E-state index in [4.69, 9.17) is 14.1 Å². The van der Waals surface area contributed by atoms with Gasteiger partial charge < -0.3 is 24.7 Å². The summed E-state index contributed by atoms with van der Waals surface area (Å²) < 4.78 is 11.5. The average molecular weight is 399 g/mol. The van der Waals surface area contributed by atoms with Crippen LogP contribution in [0.2, 0.25) is 0 Å². The molecule has 1 atom stereocenters. The lowest BCUT2D eigenvalue weighted by Crippen LogP contribution is -2.49. The summed E-state index contributed by atoms with van der Waals surface area (Å²) in [4.78, 5) is 7.40. The Morgan fingerprint density at radius 2 is 2.03 bits per heavy atom. The number of guanidine groups is 1. The van der Waals surface area contributed by atoms with Crippen molar-refractivity contribution >= 4 is 16.9 Å². The van der Waals surface area contributed by atoms with E-state index in [2.05, 4.69) is 41.5 Å². The number of para-hydroxylation sites is 1. The summed E-state index contributed by atoms with van der Waals surface area (Å²) in [6.07, 6.45) is 3.53. The topological polar surface area (TPSA) is 62.0 Å². The van der Waals surface area contributed by atoms with Crippen molar-refractivity contribution in [3.63, 3.8) is 0 Å². The fourth-order valence-corrected chi connectivity index (χ4v) is 4.39. The lowest BCUT2D eigenvalue weighted by molar-refractivity contribution is 0.150. The fraction of sp³-hybridized carbons (Fsp3) is 0.609. The lowest BCUT2D eigenvalue weighted by atomic mass is 10.0. The van der Waals surface area contributed by atoms with Gasteiger partial charge in [0.2, 0.25) is 0 Å². The van der Waals surface area contributed by atoms with Crippen molar-refractivity contribution < 1.29 is 9.15 Å². The molecule has 0 bridgehead atoms. The molecule has 4 rings (SSSR count). The van der Waals surface area contributed by atoms with Gasteiger partial charge >= 0.3 is 0 Å². The van der Waals surface area contributed by atoms with E-state index < -0.39 is 0 Å². The van der Waals surface area contributed by atoms with Gasteiger partial charge in [-0.05, 0) is 45.1 Å². The van der Waals surface area contributed by atoms with Gasteiger partial charge in [0.15, 0.2) is 5.96 Å². The van der Waals surface area contributed by atoms with Crippen LogP contribution in [0.4, 0.5) is 0 Å². The molecule has 2 aliphatic heterocycles. The van der Waals surface area contributed by atoms with E-state index in [-0.39, 0.29) is 0 Å². The number of piperidine rings is 1. The van der Waals surface area contributed by atoms with E-state index in [1.54, 1.807) is 0 Å². The highest BCUT2D eigenvalue weighted by Crippen LogP contribution is 2.25. The molecule has 29 heavy (non-hydrogen) atoms. The molecule has 6 nitrogen and oxygen atoms in total. The van der Waals surface area contributed by atoms with Crippen molar-refractivity contribution in [1.29, 1.82) is 0 Å². The summed E-state index contributed by atoms with van der Waals surface area (Å²) in [7, 11) is 0. The van der Waals surface area contributed by atoms with Gasteiger partial charge in [-0.1, -0.05) is 18.2 Å². The van der Waals surface area contributed by atoms with E-state index in [1.165, 1.54) is 23.9 Å². The van der Waals surface area contributed by atoms with Crippen LogP contribution >= 0.6 is 0 Å². The number of likely N-dealkylation sites (tertiary alicyclic amines) is 1. The van der Waals surface area contributed by atoms with Crippen LogP contribution < -0.4 is 10.6 Å². The number of nitrogens with zero attached hydrogens (tertiary/aromatic N) is 2. The molecule has 1 aromatic heterocycles. The van der Waals surface area contributed by atoms with Crippen LogP contribution in [0.5, 0.6) is 0 Å². The number of nitrogens with one attached hydrogen (secondary N) is 2. The van der Waals surface area contributed by atoms with E-state index >= 15 is 0 Å². The summed E-state index contributed by atoms with van der Waals surface area (Å²) in [5.74, 6) is 2.55. The van der Waals surface area contributed by atoms with Crippen LogP contribution in [-0.4, -0.2) is 56.3 Å². The first-order valence-electron chi connectivity index (χ1n) is 11.0. The molecule has 0 spiro atoms. The van der Waals surface area contributed by atoms with Crippen molar-refractivity contribution in [2.45, 2.75) is 45.7 Å². The number of furan rings is 1. The molecule has 0 aliphatic carbocycles. The highest BCUT2D eigenvalue weighted by atomic mass is 16.5. The second-order valence-corrected chi connectivity index (χ2v) is 8.29. The molecule has 2 aromatic rings. The van der Waals surface area contributed by atoms with E-state index in [0.717, 1.165) is 68.9 Å². The highest BCUT2D eigenvalue weighted by Gasteiger charge is 2.24. The Hall–Kier alpha value is -2.05. The number of benzene rings is 1. The Balaban J connectivity index is 1.32. The molecular weight excluding hydrogens is 364 g/mol. The van der Waals surface area contributed by atoms with Crippen molar-refractivity contribution in [1.82, 2.24) is 15.5 Å². The predicted molar refractivity (Wildman–Crippen MR) is 117 cm³/mol. The van der Waals surface area contributed by atoms with Crippen molar-refractivity contribution in [3.05, 3.63) is 35.6 Å². The zero-order valence-electron chi connectivity index (χ0n) is 17.7. The molecule has 1 aromatic carbocycles. The maximum Gasteiger partial charge on any atom is 0.191 e. The number of ether oxygens (including phenoxy) is 1. The molecule has 0 saturated carbocycles. The largest absolute Gasteiger partial charge is 0.459 e. The van der Waals surface area contributed by atoms with Gasteiger partial charge in [-0.15, -0.1) is 0 Å². The molecule has 6 heteroatoms. The standard InChI is InChI=1S/C23H34N4O2/c1-3-24-23(25-14-22-17(2)20-6-4-5-7-21(20)29-22)26-19-8-11-27(12-9-19)15-18-10-13-28-16-18/h4-7,18-19H,3,8-16H2,1-2H3,(H2,24,25,26). The van der Waals surface area contributed by atoms with Crippen molar-refractivity contribution in [2.24, 2.45) is 10.9 Å². The molecule has 0 amide bonds. The van der Waals surface area contributed by atoms with Gasteiger partial charge in [-0.2, -0.15) is 0 Å². The number of hydrogen-bond acceptors (Lipinski definition) is 4. The minimum Gasteiger partial charge on any atom is -0.459 e. The third-order valence-electron chi connectivity index (χ3n) is 6.14. The summed E-state index contributed by atoms with van der Waals surface area (Å²) in [6, 6.07) is 8.66. The number of aliphatic imine (C=N–C) groups is 1. The van der Waals surface area contributed by atoms with Crippen LogP contribution in [0.3, 0.4) is 0 Å². The Morgan fingerprint density at radius 3 is 2.76 bits per heavy atom. The maximum atomic E-state index is 6.02. The summed E-state index contributed by atoms with van der Waals surface area (Å²) >= 11 is 0. The van der Waals surface area contributed by atoms with Crippen LogP contribution in [0.1, 0.15) is 37.5 Å². The monoisotopic (exact) mass is 398 g/mol. The molecule has 2 aliphatic rings. The van der Waals surface area contributed by atoms with Gasteiger partial charge in [0.05, 0.1) is 6.61 Å². The van der Waals surface area contributed by atoms with Gasteiger partial charge in [-0.3, -0.25) is 0 Å². The number of fused-ring (bicyclic) bond motifs is 1. The smallest absolute Gasteiger partial charge is 0.191 e. The first-order chi connectivity index (χ1) is 14.2. The first-order valence-corrected chi connectivity index (χ1v) is 11.0. The molecule has 0 radical (unpaired) electrons. The normalized spacial score (nSPS) is 21.7. The van der Waals surface area contributed by atoms with Gasteiger partial charge in [0.1, 0.15) is 17.9 Å². The zero-order valence-corrected chi connectivity index (χ0v) is 17.7. The molecule has 2 N–H and O–H groups in total. The van der Waals surface area contributed by atoms with Crippen molar-refractivity contribution in [2.75, 3.05) is 39.4 Å². The fourth-order valence-electron chi connectivity index (χ4n) is 4.39. The van der Waals surface area contributed by atoms with Crippen LogP contribution in [0.15, 0.2) is 33.7 Å². The predicted octanol–water partition coefficient (Wildman–Crippen LogP) is 3.30. The summed E-state index contributed by atoms with van der Waals surface area (Å²) in [6.45, 7) is 11.0. The summed E-state index contributed by atoms with van der Waals surface area (Å²) in [5.41, 5.74) is 2.12. The summed E-state index contributed by atoms with van der Waals surface area (Å²) in [5, 5.41) is 8.21. The average Bonchev–Trinajstić information content (AvgIpc) is 3.36. The number of rotatable bonds is 6. The van der Waals surface area contributed by atoms with Gasteiger partial charge in [0.25, 0.3) is 0 Å². The Bertz CT molecular complexity index is 817. The number of hydrogen-bond donors (Lipinski definition) is 2. The van der Waals surface area contributed by atoms with Crippen molar-refractivity contribution in [3.8, 4) is 0 Å². The third kappa shape index (κ3) is 5.11. The Labute approximate surface area is 173 Å². The Kier molecular flexibility index (Phi) is 6.72. The zero-order chi connectivity index (χ0) is 20.1. The van der Waals surface area contributed by atoms with E-state index in [0.29, 0.717) is 12.6 Å². The van der Waals surface area contributed by atoms with Crippen LogP contribution in [-0.2, 0) is 11.3 Å². The van der Waals surface area contributed by atoms with E-state index in [1.807, 2.05) is 12.1 Å². The van der Waals surface area contributed by atoms with Gasteiger partial charge in [0, 0.05) is 49.8 Å². The maximum absolute atomic E-state index is 6.02. The minimum absolute atomic E-state index is 0.473.